The average molecular weight is 441 g/mol. The molecule has 1 aromatic carbocycles. The number of nitrogens with one attached hydrogen (secondary N) is 1. The quantitative estimate of drug-likeness (QED) is 0.724. The Balaban J connectivity index is 1.23. The molecule has 2 unspecified atom stereocenters. The highest BCUT2D eigenvalue weighted by atomic mass is 16.6. The number of rotatable bonds is 6. The zero-order valence-corrected chi connectivity index (χ0v) is 19.1. The molecular formula is C25H32N2O5. The van der Waals surface area contributed by atoms with E-state index in [1.54, 1.807) is 0 Å². The standard InChI is InChI=1S/C25H32N2O5/c1-25(2,3)32-24(29)26-20-9-8-17(10-20)15-31-23-16-30-21(11-22(23)28)14-27-12-18-6-4-5-7-19(18)13-27/h4-7,11,16-17,20H,8-10,12-15H2,1-3H3,(H,26,29). The van der Waals surface area contributed by atoms with Gasteiger partial charge in [-0.05, 0) is 57.1 Å². The van der Waals surface area contributed by atoms with E-state index in [2.05, 4.69) is 34.5 Å². The number of fused-ring (bicyclic) bond motifs is 1. The number of benzene rings is 1. The predicted molar refractivity (Wildman–Crippen MR) is 120 cm³/mol. The molecule has 1 N–H and O–H groups in total. The molecule has 1 amide bonds. The first-order valence-corrected chi connectivity index (χ1v) is 11.3. The first-order chi connectivity index (χ1) is 15.2. The van der Waals surface area contributed by atoms with Crippen molar-refractivity contribution in [2.45, 2.75) is 71.3 Å². The van der Waals surface area contributed by atoms with Crippen molar-refractivity contribution in [2.75, 3.05) is 6.61 Å². The molecule has 172 valence electrons. The van der Waals surface area contributed by atoms with Gasteiger partial charge in [0.1, 0.15) is 17.6 Å². The third kappa shape index (κ3) is 5.91. The molecular weight excluding hydrogens is 408 g/mol. The molecule has 0 radical (unpaired) electrons. The number of ether oxygens (including phenoxy) is 2. The van der Waals surface area contributed by atoms with E-state index in [1.807, 2.05) is 20.8 Å². The summed E-state index contributed by atoms with van der Waals surface area (Å²) in [5.74, 6) is 1.15. The number of nitrogens with zero attached hydrogens (tertiary/aromatic N) is 1. The summed E-state index contributed by atoms with van der Waals surface area (Å²) >= 11 is 0. The van der Waals surface area contributed by atoms with Gasteiger partial charge >= 0.3 is 6.09 Å². The molecule has 0 saturated heterocycles. The minimum Gasteiger partial charge on any atom is -0.486 e. The minimum atomic E-state index is -0.510. The van der Waals surface area contributed by atoms with Gasteiger partial charge in [0.2, 0.25) is 11.2 Å². The fourth-order valence-electron chi connectivity index (χ4n) is 4.40. The molecule has 2 aliphatic rings. The Hall–Kier alpha value is -2.80. The average Bonchev–Trinajstić information content (AvgIpc) is 3.31. The van der Waals surface area contributed by atoms with Crippen LogP contribution < -0.4 is 15.5 Å². The Morgan fingerprint density at radius 1 is 1.19 bits per heavy atom. The van der Waals surface area contributed by atoms with Gasteiger partial charge in [-0.15, -0.1) is 0 Å². The Labute approximate surface area is 188 Å². The molecule has 1 saturated carbocycles. The van der Waals surface area contributed by atoms with E-state index in [4.69, 9.17) is 13.9 Å². The second-order valence-corrected chi connectivity index (χ2v) is 9.82. The summed E-state index contributed by atoms with van der Waals surface area (Å²) in [6.07, 6.45) is 3.64. The van der Waals surface area contributed by atoms with Crippen LogP contribution >= 0.6 is 0 Å². The van der Waals surface area contributed by atoms with E-state index in [1.165, 1.54) is 23.5 Å². The maximum Gasteiger partial charge on any atom is 0.407 e. The van der Waals surface area contributed by atoms with Crippen molar-refractivity contribution in [1.82, 2.24) is 10.2 Å². The van der Waals surface area contributed by atoms with E-state index >= 15 is 0 Å². The van der Waals surface area contributed by atoms with Crippen molar-refractivity contribution in [3.63, 3.8) is 0 Å². The maximum absolute atomic E-state index is 12.5. The second-order valence-electron chi connectivity index (χ2n) is 9.82. The molecule has 0 bridgehead atoms. The van der Waals surface area contributed by atoms with Crippen molar-refractivity contribution in [2.24, 2.45) is 5.92 Å². The smallest absolute Gasteiger partial charge is 0.407 e. The lowest BCUT2D eigenvalue weighted by Gasteiger charge is -2.21. The number of alkyl carbamates (subject to hydrolysis) is 1. The Bertz CT molecular complexity index is 985. The van der Waals surface area contributed by atoms with Crippen LogP contribution in [0.5, 0.6) is 5.75 Å². The van der Waals surface area contributed by atoms with Gasteiger partial charge < -0.3 is 19.2 Å². The summed E-state index contributed by atoms with van der Waals surface area (Å²) < 4.78 is 16.8. The molecule has 1 fully saturated rings. The first kappa shape index (κ1) is 22.4. The van der Waals surface area contributed by atoms with Crippen molar-refractivity contribution < 1.29 is 18.7 Å². The van der Waals surface area contributed by atoms with E-state index < -0.39 is 5.60 Å². The molecule has 0 spiro atoms. The minimum absolute atomic E-state index is 0.0711. The molecule has 1 aliphatic heterocycles. The lowest BCUT2D eigenvalue weighted by molar-refractivity contribution is 0.0504. The highest BCUT2D eigenvalue weighted by molar-refractivity contribution is 5.68. The highest BCUT2D eigenvalue weighted by Crippen LogP contribution is 2.27. The van der Waals surface area contributed by atoms with Gasteiger partial charge in [-0.1, -0.05) is 24.3 Å². The third-order valence-electron chi connectivity index (χ3n) is 5.87. The van der Waals surface area contributed by atoms with Crippen LogP contribution in [-0.2, 0) is 24.4 Å². The molecule has 7 heteroatoms. The maximum atomic E-state index is 12.5. The van der Waals surface area contributed by atoms with Crippen molar-refractivity contribution in [1.29, 1.82) is 0 Å². The van der Waals surface area contributed by atoms with Crippen LogP contribution in [-0.4, -0.2) is 29.2 Å². The van der Waals surface area contributed by atoms with Crippen LogP contribution in [0.1, 0.15) is 56.9 Å². The zero-order chi connectivity index (χ0) is 22.7. The summed E-state index contributed by atoms with van der Waals surface area (Å²) in [5.41, 5.74) is 1.98. The van der Waals surface area contributed by atoms with Gasteiger partial charge in [-0.25, -0.2) is 4.79 Å². The zero-order valence-electron chi connectivity index (χ0n) is 19.1. The van der Waals surface area contributed by atoms with E-state index in [0.29, 0.717) is 18.9 Å². The Morgan fingerprint density at radius 3 is 2.56 bits per heavy atom. The molecule has 1 aliphatic carbocycles. The van der Waals surface area contributed by atoms with Crippen molar-refractivity contribution >= 4 is 6.09 Å². The van der Waals surface area contributed by atoms with E-state index in [0.717, 1.165) is 32.4 Å². The lowest BCUT2D eigenvalue weighted by Crippen LogP contribution is -2.38. The summed E-state index contributed by atoms with van der Waals surface area (Å²) in [5, 5.41) is 2.92. The fourth-order valence-corrected chi connectivity index (χ4v) is 4.40. The lowest BCUT2D eigenvalue weighted by atomic mass is 10.1. The van der Waals surface area contributed by atoms with Gasteiger partial charge in [0.25, 0.3) is 0 Å². The van der Waals surface area contributed by atoms with Gasteiger partial charge in [-0.3, -0.25) is 9.69 Å². The molecule has 2 atom stereocenters. The van der Waals surface area contributed by atoms with Crippen LogP contribution in [0.2, 0.25) is 0 Å². The van der Waals surface area contributed by atoms with Gasteiger partial charge in [0.05, 0.1) is 13.2 Å². The van der Waals surface area contributed by atoms with Gasteiger partial charge in [0, 0.05) is 25.2 Å². The van der Waals surface area contributed by atoms with Crippen LogP contribution in [0.3, 0.4) is 0 Å². The van der Waals surface area contributed by atoms with Crippen LogP contribution in [0.4, 0.5) is 4.79 Å². The SMILES string of the molecule is CC(C)(C)OC(=O)NC1CCC(COc2coc(CN3Cc4ccccc4C3)cc2=O)C1. The largest absolute Gasteiger partial charge is 0.486 e. The molecule has 1 aromatic heterocycles. The second kappa shape index (κ2) is 9.36. The topological polar surface area (TPSA) is 81.0 Å². The molecule has 32 heavy (non-hydrogen) atoms. The monoisotopic (exact) mass is 440 g/mol. The molecule has 2 aromatic rings. The molecule has 2 heterocycles. The Kier molecular flexibility index (Phi) is 6.55. The molecule has 7 nitrogen and oxygen atoms in total. The van der Waals surface area contributed by atoms with E-state index in [9.17, 15) is 9.59 Å². The number of carbonyl (C=O) groups is 1. The van der Waals surface area contributed by atoms with Crippen molar-refractivity contribution in [3.05, 3.63) is 63.7 Å². The summed E-state index contributed by atoms with van der Waals surface area (Å²) in [4.78, 5) is 26.7. The van der Waals surface area contributed by atoms with Gasteiger partial charge in [-0.2, -0.15) is 0 Å². The Morgan fingerprint density at radius 2 is 1.91 bits per heavy atom. The first-order valence-electron chi connectivity index (χ1n) is 11.3. The predicted octanol–water partition coefficient (Wildman–Crippen LogP) is 4.23. The third-order valence-corrected chi connectivity index (χ3v) is 5.87. The fraction of sp³-hybridized carbons (Fsp3) is 0.520. The number of hydrogen-bond acceptors (Lipinski definition) is 6. The van der Waals surface area contributed by atoms with Crippen molar-refractivity contribution in [3.8, 4) is 5.75 Å². The normalized spacial score (nSPS) is 20.7. The van der Waals surface area contributed by atoms with Crippen LogP contribution in [0, 0.1) is 5.92 Å². The number of hydrogen-bond donors (Lipinski definition) is 1. The van der Waals surface area contributed by atoms with Gasteiger partial charge in [0.15, 0.2) is 0 Å². The number of amides is 1. The van der Waals surface area contributed by atoms with E-state index in [-0.39, 0.29) is 29.2 Å². The molecule has 4 rings (SSSR count). The summed E-state index contributed by atoms with van der Waals surface area (Å²) in [6, 6.07) is 9.98. The van der Waals surface area contributed by atoms with Crippen LogP contribution in [0.25, 0.3) is 0 Å². The summed E-state index contributed by atoms with van der Waals surface area (Å²) in [6.45, 7) is 8.27. The highest BCUT2D eigenvalue weighted by Gasteiger charge is 2.28. The van der Waals surface area contributed by atoms with Crippen LogP contribution in [0.15, 0.2) is 45.8 Å². The summed E-state index contributed by atoms with van der Waals surface area (Å²) in [7, 11) is 0. The number of carbonyl (C=O) groups excluding carboxylic acids is 1.